The first-order valence-corrected chi connectivity index (χ1v) is 10.1. The van der Waals surface area contributed by atoms with Crippen LogP contribution in [0.1, 0.15) is 30.0 Å². The number of nitrogens with zero attached hydrogens (tertiary/aromatic N) is 3. The number of hydrogen-bond acceptors (Lipinski definition) is 6. The van der Waals surface area contributed by atoms with Crippen LogP contribution in [0.3, 0.4) is 0 Å². The number of rotatable bonds is 6. The lowest BCUT2D eigenvalue weighted by molar-refractivity contribution is 0.194. The SMILES string of the molecule is COc1cccc(OC)c1CN1CCCC(c2cc(=O)[nH]c(-c3ccncc3)n2)C1. The molecule has 0 aliphatic carbocycles. The van der Waals surface area contributed by atoms with Crippen molar-refractivity contribution in [3.8, 4) is 22.9 Å². The zero-order valence-corrected chi connectivity index (χ0v) is 17.3. The van der Waals surface area contributed by atoms with Crippen molar-refractivity contribution in [2.75, 3.05) is 27.3 Å². The molecule has 3 aromatic rings. The number of methoxy groups -OCH3 is 2. The summed E-state index contributed by atoms with van der Waals surface area (Å²) in [5, 5.41) is 0. The third-order valence-electron chi connectivity index (χ3n) is 5.55. The fraction of sp³-hybridized carbons (Fsp3) is 0.348. The van der Waals surface area contributed by atoms with E-state index in [1.54, 1.807) is 32.7 Å². The Balaban J connectivity index is 1.57. The maximum absolute atomic E-state index is 12.3. The van der Waals surface area contributed by atoms with Gasteiger partial charge in [0.05, 0.1) is 25.5 Å². The van der Waals surface area contributed by atoms with Crippen LogP contribution in [-0.2, 0) is 6.54 Å². The Morgan fingerprint density at radius 1 is 1.13 bits per heavy atom. The molecule has 0 spiro atoms. The van der Waals surface area contributed by atoms with E-state index in [9.17, 15) is 4.79 Å². The summed E-state index contributed by atoms with van der Waals surface area (Å²) >= 11 is 0. The minimum absolute atomic E-state index is 0.129. The minimum Gasteiger partial charge on any atom is -0.496 e. The zero-order valence-electron chi connectivity index (χ0n) is 17.3. The molecule has 30 heavy (non-hydrogen) atoms. The molecule has 1 fully saturated rings. The lowest BCUT2D eigenvalue weighted by atomic mass is 9.94. The molecule has 1 N–H and O–H groups in total. The molecule has 156 valence electrons. The number of aromatic amines is 1. The first kappa shape index (κ1) is 20.1. The van der Waals surface area contributed by atoms with Crippen LogP contribution in [0.2, 0.25) is 0 Å². The van der Waals surface area contributed by atoms with Gasteiger partial charge in [-0.2, -0.15) is 0 Å². The third-order valence-corrected chi connectivity index (χ3v) is 5.55. The topological polar surface area (TPSA) is 80.3 Å². The van der Waals surface area contributed by atoms with E-state index in [4.69, 9.17) is 14.5 Å². The molecule has 2 aromatic heterocycles. The molecule has 0 amide bonds. The summed E-state index contributed by atoms with van der Waals surface area (Å²) in [6.45, 7) is 2.54. The van der Waals surface area contributed by atoms with Gasteiger partial charge in [-0.25, -0.2) is 4.98 Å². The molecule has 3 heterocycles. The largest absolute Gasteiger partial charge is 0.496 e. The van der Waals surface area contributed by atoms with Gasteiger partial charge in [-0.05, 0) is 43.7 Å². The smallest absolute Gasteiger partial charge is 0.251 e. The molecule has 0 bridgehead atoms. The molecule has 7 nitrogen and oxygen atoms in total. The van der Waals surface area contributed by atoms with Gasteiger partial charge >= 0.3 is 0 Å². The molecular formula is C23H26N4O3. The monoisotopic (exact) mass is 406 g/mol. The van der Waals surface area contributed by atoms with E-state index < -0.39 is 0 Å². The lowest BCUT2D eigenvalue weighted by Crippen LogP contribution is -2.35. The van der Waals surface area contributed by atoms with Crippen molar-refractivity contribution in [2.45, 2.75) is 25.3 Å². The molecule has 1 aliphatic rings. The maximum atomic E-state index is 12.3. The fourth-order valence-corrected chi connectivity index (χ4v) is 4.08. The fourth-order valence-electron chi connectivity index (χ4n) is 4.08. The van der Waals surface area contributed by atoms with Gasteiger partial charge in [-0.3, -0.25) is 14.7 Å². The summed E-state index contributed by atoms with van der Waals surface area (Å²) in [7, 11) is 3.36. The van der Waals surface area contributed by atoms with Crippen LogP contribution in [0.15, 0.2) is 53.6 Å². The number of aromatic nitrogens is 3. The van der Waals surface area contributed by atoms with Crippen molar-refractivity contribution in [3.05, 3.63) is 70.4 Å². The number of nitrogens with one attached hydrogen (secondary N) is 1. The van der Waals surface area contributed by atoms with Crippen LogP contribution < -0.4 is 15.0 Å². The van der Waals surface area contributed by atoms with Gasteiger partial charge in [0.15, 0.2) is 0 Å². The molecule has 1 aliphatic heterocycles. The van der Waals surface area contributed by atoms with E-state index in [2.05, 4.69) is 14.9 Å². The van der Waals surface area contributed by atoms with E-state index >= 15 is 0 Å². The molecule has 0 radical (unpaired) electrons. The van der Waals surface area contributed by atoms with Crippen molar-refractivity contribution >= 4 is 0 Å². The van der Waals surface area contributed by atoms with Gasteiger partial charge in [0, 0.05) is 43.0 Å². The molecule has 0 saturated carbocycles. The Morgan fingerprint density at radius 3 is 2.57 bits per heavy atom. The lowest BCUT2D eigenvalue weighted by Gasteiger charge is -2.33. The summed E-state index contributed by atoms with van der Waals surface area (Å²) in [5.41, 5.74) is 2.60. The summed E-state index contributed by atoms with van der Waals surface area (Å²) in [6, 6.07) is 11.2. The quantitative estimate of drug-likeness (QED) is 0.677. The first-order valence-electron chi connectivity index (χ1n) is 10.1. The predicted octanol–water partition coefficient (Wildman–Crippen LogP) is 3.23. The van der Waals surface area contributed by atoms with E-state index in [-0.39, 0.29) is 11.5 Å². The normalized spacial score (nSPS) is 16.9. The number of hydrogen-bond donors (Lipinski definition) is 1. The van der Waals surface area contributed by atoms with Crippen molar-refractivity contribution in [1.82, 2.24) is 19.9 Å². The van der Waals surface area contributed by atoms with Crippen LogP contribution in [0.4, 0.5) is 0 Å². The molecule has 1 atom stereocenters. The molecule has 1 saturated heterocycles. The van der Waals surface area contributed by atoms with Crippen molar-refractivity contribution in [2.24, 2.45) is 0 Å². The number of H-pyrrole nitrogens is 1. The highest BCUT2D eigenvalue weighted by Crippen LogP contribution is 2.32. The second-order valence-corrected chi connectivity index (χ2v) is 7.47. The average Bonchev–Trinajstić information content (AvgIpc) is 2.79. The van der Waals surface area contributed by atoms with Crippen LogP contribution in [0.25, 0.3) is 11.4 Å². The summed E-state index contributed by atoms with van der Waals surface area (Å²) in [6.07, 6.45) is 5.45. The zero-order chi connectivity index (χ0) is 20.9. The molecule has 4 rings (SSSR count). The summed E-state index contributed by atoms with van der Waals surface area (Å²) < 4.78 is 11.1. The average molecular weight is 406 g/mol. The Hall–Kier alpha value is -3.19. The van der Waals surface area contributed by atoms with Gasteiger partial charge in [0.25, 0.3) is 5.56 Å². The number of likely N-dealkylation sites (tertiary alicyclic amines) is 1. The standard InChI is InChI=1S/C23H26N4O3/c1-29-20-6-3-7-21(30-2)18(20)15-27-12-4-5-17(14-27)19-13-22(28)26-23(25-19)16-8-10-24-11-9-16/h3,6-11,13,17H,4-5,12,14-15H2,1-2H3,(H,25,26,28). The van der Waals surface area contributed by atoms with Gasteiger partial charge in [-0.1, -0.05) is 6.07 Å². The molecular weight excluding hydrogens is 380 g/mol. The van der Waals surface area contributed by atoms with Crippen LogP contribution in [0.5, 0.6) is 11.5 Å². The highest BCUT2D eigenvalue weighted by molar-refractivity contribution is 5.53. The highest BCUT2D eigenvalue weighted by atomic mass is 16.5. The van der Waals surface area contributed by atoms with E-state index in [0.717, 1.165) is 60.8 Å². The van der Waals surface area contributed by atoms with Gasteiger partial charge < -0.3 is 14.5 Å². The number of pyridine rings is 1. The van der Waals surface area contributed by atoms with Crippen LogP contribution in [-0.4, -0.2) is 47.2 Å². The highest BCUT2D eigenvalue weighted by Gasteiger charge is 2.25. The van der Waals surface area contributed by atoms with E-state index in [0.29, 0.717) is 5.82 Å². The Bertz CT molecular complexity index is 1030. The Kier molecular flexibility index (Phi) is 6.09. The van der Waals surface area contributed by atoms with Crippen LogP contribution in [0, 0.1) is 0 Å². The van der Waals surface area contributed by atoms with Gasteiger partial charge in [0.2, 0.25) is 0 Å². The number of piperidine rings is 1. The number of ether oxygens (including phenoxy) is 2. The summed E-state index contributed by atoms with van der Waals surface area (Å²) in [4.78, 5) is 26.3. The first-order chi connectivity index (χ1) is 14.7. The second-order valence-electron chi connectivity index (χ2n) is 7.47. The second kappa shape index (κ2) is 9.09. The van der Waals surface area contributed by atoms with E-state index in [1.165, 1.54) is 0 Å². The van der Waals surface area contributed by atoms with Crippen molar-refractivity contribution in [1.29, 1.82) is 0 Å². The minimum atomic E-state index is -0.129. The van der Waals surface area contributed by atoms with E-state index in [1.807, 2.05) is 30.3 Å². The van der Waals surface area contributed by atoms with Gasteiger partial charge in [-0.15, -0.1) is 0 Å². The maximum Gasteiger partial charge on any atom is 0.251 e. The molecule has 1 aromatic carbocycles. The van der Waals surface area contributed by atoms with Crippen LogP contribution >= 0.6 is 0 Å². The Morgan fingerprint density at radius 2 is 1.87 bits per heavy atom. The Labute approximate surface area is 175 Å². The molecule has 7 heteroatoms. The third kappa shape index (κ3) is 4.36. The molecule has 1 unspecified atom stereocenters. The predicted molar refractivity (Wildman–Crippen MR) is 115 cm³/mol. The van der Waals surface area contributed by atoms with Crippen molar-refractivity contribution < 1.29 is 9.47 Å². The van der Waals surface area contributed by atoms with Gasteiger partial charge in [0.1, 0.15) is 17.3 Å². The number of benzene rings is 1. The van der Waals surface area contributed by atoms with Crippen molar-refractivity contribution in [3.63, 3.8) is 0 Å². The summed E-state index contributed by atoms with van der Waals surface area (Å²) in [5.74, 6) is 2.43.